The number of nitrogens with two attached hydrogens (primary N) is 1. The van der Waals surface area contributed by atoms with Crippen molar-refractivity contribution in [2.24, 2.45) is 5.73 Å². The largest absolute Gasteiger partial charge is 0.370 e. The Labute approximate surface area is 133 Å². The quantitative estimate of drug-likeness (QED) is 0.871. The van der Waals surface area contributed by atoms with Crippen molar-refractivity contribution in [3.8, 4) is 0 Å². The smallest absolute Gasteiger partial charge is 0.0459 e. The number of hydrogen-bond donors (Lipinski definition) is 1. The second-order valence-corrected chi connectivity index (χ2v) is 6.09. The third-order valence-corrected chi connectivity index (χ3v) is 4.06. The Morgan fingerprint density at radius 1 is 1.20 bits per heavy atom. The molecule has 0 aliphatic heterocycles. The van der Waals surface area contributed by atoms with Crippen molar-refractivity contribution in [1.29, 1.82) is 0 Å². The molecule has 0 atom stereocenters. The number of benzene rings is 2. The lowest BCUT2D eigenvalue weighted by molar-refractivity contribution is 0.892. The zero-order valence-corrected chi connectivity index (χ0v) is 13.8. The molecule has 0 aliphatic rings. The Kier molecular flexibility index (Phi) is 5.46. The Morgan fingerprint density at radius 3 is 2.65 bits per heavy atom. The van der Waals surface area contributed by atoms with Crippen LogP contribution in [-0.4, -0.2) is 13.6 Å². The van der Waals surface area contributed by atoms with E-state index in [1.807, 2.05) is 24.3 Å². The summed E-state index contributed by atoms with van der Waals surface area (Å²) in [4.78, 5) is 2.21. The fraction of sp³-hybridized carbons (Fsp3) is 0.250. The van der Waals surface area contributed by atoms with Gasteiger partial charge in [0, 0.05) is 28.8 Å². The maximum atomic E-state index is 6.29. The summed E-state index contributed by atoms with van der Waals surface area (Å²) in [5, 5.41) is 0.786. The van der Waals surface area contributed by atoms with E-state index >= 15 is 0 Å². The summed E-state index contributed by atoms with van der Waals surface area (Å²) in [5.74, 6) is 0. The Bertz CT molecular complexity index is 586. The molecule has 2 N–H and O–H groups in total. The van der Waals surface area contributed by atoms with Crippen molar-refractivity contribution < 1.29 is 0 Å². The summed E-state index contributed by atoms with van der Waals surface area (Å²) in [6.45, 7) is 1.43. The molecule has 0 spiro atoms. The van der Waals surface area contributed by atoms with Gasteiger partial charge in [0.15, 0.2) is 0 Å². The van der Waals surface area contributed by atoms with E-state index in [1.165, 1.54) is 5.56 Å². The SMILES string of the molecule is CN(Cc1cccc(Br)c1)c1cccc(Cl)c1CCN. The van der Waals surface area contributed by atoms with Gasteiger partial charge in [-0.05, 0) is 48.4 Å². The van der Waals surface area contributed by atoms with Gasteiger partial charge in [-0.1, -0.05) is 45.7 Å². The van der Waals surface area contributed by atoms with E-state index < -0.39 is 0 Å². The third kappa shape index (κ3) is 3.75. The third-order valence-electron chi connectivity index (χ3n) is 3.21. The summed E-state index contributed by atoms with van der Waals surface area (Å²) in [6, 6.07) is 14.3. The number of anilines is 1. The predicted octanol–water partition coefficient (Wildman–Crippen LogP) is 4.24. The van der Waals surface area contributed by atoms with Gasteiger partial charge < -0.3 is 10.6 Å². The summed E-state index contributed by atoms with van der Waals surface area (Å²) in [5.41, 5.74) is 9.20. The highest BCUT2D eigenvalue weighted by Crippen LogP contribution is 2.28. The summed E-state index contributed by atoms with van der Waals surface area (Å²) >= 11 is 9.79. The van der Waals surface area contributed by atoms with Crippen LogP contribution in [0.5, 0.6) is 0 Å². The molecule has 106 valence electrons. The van der Waals surface area contributed by atoms with Crippen molar-refractivity contribution >= 4 is 33.2 Å². The fourth-order valence-electron chi connectivity index (χ4n) is 2.29. The molecule has 0 saturated heterocycles. The van der Waals surface area contributed by atoms with Crippen LogP contribution in [-0.2, 0) is 13.0 Å². The monoisotopic (exact) mass is 352 g/mol. The van der Waals surface area contributed by atoms with Crippen molar-refractivity contribution in [1.82, 2.24) is 0 Å². The average Bonchev–Trinajstić information content (AvgIpc) is 2.41. The van der Waals surface area contributed by atoms with Gasteiger partial charge in [0.05, 0.1) is 0 Å². The first-order valence-electron chi connectivity index (χ1n) is 6.55. The highest BCUT2D eigenvalue weighted by atomic mass is 79.9. The number of nitrogens with zero attached hydrogens (tertiary/aromatic N) is 1. The van der Waals surface area contributed by atoms with Gasteiger partial charge in [-0.3, -0.25) is 0 Å². The molecule has 0 amide bonds. The normalized spacial score (nSPS) is 10.6. The Morgan fingerprint density at radius 2 is 1.95 bits per heavy atom. The molecule has 4 heteroatoms. The molecule has 0 fully saturated rings. The van der Waals surface area contributed by atoms with E-state index in [0.29, 0.717) is 6.54 Å². The fourth-order valence-corrected chi connectivity index (χ4v) is 3.00. The molecule has 2 aromatic carbocycles. The number of rotatable bonds is 5. The van der Waals surface area contributed by atoms with E-state index in [2.05, 4.69) is 46.1 Å². The van der Waals surface area contributed by atoms with E-state index in [-0.39, 0.29) is 0 Å². The Balaban J connectivity index is 2.25. The minimum absolute atomic E-state index is 0.599. The summed E-state index contributed by atoms with van der Waals surface area (Å²) in [7, 11) is 2.08. The molecular weight excluding hydrogens is 336 g/mol. The van der Waals surface area contributed by atoms with Crippen molar-refractivity contribution in [2.75, 3.05) is 18.5 Å². The van der Waals surface area contributed by atoms with Gasteiger partial charge in [-0.25, -0.2) is 0 Å². The lowest BCUT2D eigenvalue weighted by Gasteiger charge is -2.23. The minimum Gasteiger partial charge on any atom is -0.370 e. The van der Waals surface area contributed by atoms with E-state index in [1.54, 1.807) is 0 Å². The standard InChI is InChI=1S/C16H18BrClN2/c1-20(11-12-4-2-5-13(17)10-12)16-7-3-6-15(18)14(16)8-9-19/h2-7,10H,8-9,11,19H2,1H3. The molecule has 0 heterocycles. The first kappa shape index (κ1) is 15.4. The van der Waals surface area contributed by atoms with Crippen LogP contribution in [0.2, 0.25) is 5.02 Å². The molecule has 0 aliphatic carbocycles. The van der Waals surface area contributed by atoms with Crippen LogP contribution in [0.3, 0.4) is 0 Å². The second-order valence-electron chi connectivity index (χ2n) is 4.76. The van der Waals surface area contributed by atoms with Crippen LogP contribution in [0.4, 0.5) is 5.69 Å². The van der Waals surface area contributed by atoms with Gasteiger partial charge in [-0.2, -0.15) is 0 Å². The molecule has 0 aromatic heterocycles. The highest BCUT2D eigenvalue weighted by Gasteiger charge is 2.10. The molecule has 0 saturated carbocycles. The van der Waals surface area contributed by atoms with Crippen molar-refractivity contribution in [2.45, 2.75) is 13.0 Å². The van der Waals surface area contributed by atoms with Crippen molar-refractivity contribution in [3.63, 3.8) is 0 Å². The highest BCUT2D eigenvalue weighted by molar-refractivity contribution is 9.10. The molecular formula is C16H18BrClN2. The minimum atomic E-state index is 0.599. The Hall–Kier alpha value is -1.03. The van der Waals surface area contributed by atoms with Gasteiger partial charge in [-0.15, -0.1) is 0 Å². The van der Waals surface area contributed by atoms with Crippen LogP contribution in [0.15, 0.2) is 46.9 Å². The van der Waals surface area contributed by atoms with Crippen LogP contribution >= 0.6 is 27.5 Å². The zero-order valence-electron chi connectivity index (χ0n) is 11.4. The van der Waals surface area contributed by atoms with Crippen LogP contribution in [0.25, 0.3) is 0 Å². The molecule has 2 rings (SSSR count). The molecule has 0 radical (unpaired) electrons. The summed E-state index contributed by atoms with van der Waals surface area (Å²) < 4.78 is 1.09. The van der Waals surface area contributed by atoms with E-state index in [0.717, 1.165) is 33.7 Å². The lowest BCUT2D eigenvalue weighted by atomic mass is 10.1. The van der Waals surface area contributed by atoms with Gasteiger partial charge in [0.25, 0.3) is 0 Å². The molecule has 2 aromatic rings. The first-order chi connectivity index (χ1) is 9.61. The number of hydrogen-bond acceptors (Lipinski definition) is 2. The maximum Gasteiger partial charge on any atom is 0.0459 e. The first-order valence-corrected chi connectivity index (χ1v) is 7.72. The van der Waals surface area contributed by atoms with E-state index in [4.69, 9.17) is 17.3 Å². The zero-order chi connectivity index (χ0) is 14.5. The summed E-state index contributed by atoms with van der Waals surface area (Å²) in [6.07, 6.45) is 0.790. The van der Waals surface area contributed by atoms with Crippen LogP contribution in [0.1, 0.15) is 11.1 Å². The molecule has 2 nitrogen and oxygen atoms in total. The number of halogens is 2. The maximum absolute atomic E-state index is 6.29. The second kappa shape index (κ2) is 7.11. The van der Waals surface area contributed by atoms with Crippen LogP contribution in [0, 0.1) is 0 Å². The average molecular weight is 354 g/mol. The van der Waals surface area contributed by atoms with E-state index in [9.17, 15) is 0 Å². The lowest BCUT2D eigenvalue weighted by Crippen LogP contribution is -2.19. The molecule has 20 heavy (non-hydrogen) atoms. The van der Waals surface area contributed by atoms with Gasteiger partial charge >= 0.3 is 0 Å². The van der Waals surface area contributed by atoms with Crippen LogP contribution < -0.4 is 10.6 Å². The molecule has 0 unspecified atom stereocenters. The van der Waals surface area contributed by atoms with Gasteiger partial charge in [0.2, 0.25) is 0 Å². The molecule has 0 bridgehead atoms. The van der Waals surface area contributed by atoms with Gasteiger partial charge in [0.1, 0.15) is 0 Å². The van der Waals surface area contributed by atoms with Crippen molar-refractivity contribution in [3.05, 3.63) is 63.1 Å². The topological polar surface area (TPSA) is 29.3 Å². The predicted molar refractivity (Wildman–Crippen MR) is 90.5 cm³/mol.